The highest BCUT2D eigenvalue weighted by molar-refractivity contribution is 7.81. The number of hydrogen-bond donors (Lipinski definition) is 0. The van der Waals surface area contributed by atoms with Gasteiger partial charge in [0.05, 0.1) is 16.3 Å². The van der Waals surface area contributed by atoms with E-state index in [1.54, 1.807) is 54.6 Å². The number of carbonyl (C=O) groups excluding carboxylic acids is 2. The predicted octanol–water partition coefficient (Wildman–Crippen LogP) is 5.33. The average molecular weight is 513 g/mol. The first-order valence-corrected chi connectivity index (χ1v) is 12.4. The lowest BCUT2D eigenvalue weighted by Crippen LogP contribution is -2.56. The lowest BCUT2D eigenvalue weighted by molar-refractivity contribution is -0.384. The van der Waals surface area contributed by atoms with Gasteiger partial charge in [0.25, 0.3) is 17.5 Å². The topological polar surface area (TPSA) is 87.0 Å². The molecule has 0 unspecified atom stereocenters. The van der Waals surface area contributed by atoms with Crippen LogP contribution >= 0.6 is 12.2 Å². The van der Waals surface area contributed by atoms with Crippen LogP contribution in [0.2, 0.25) is 0 Å². The molecule has 0 bridgehead atoms. The van der Waals surface area contributed by atoms with Gasteiger partial charge in [0.1, 0.15) is 5.57 Å². The summed E-state index contributed by atoms with van der Waals surface area (Å²) in [6, 6.07) is 22.3. The fourth-order valence-electron chi connectivity index (χ4n) is 4.69. The second kappa shape index (κ2) is 10.3. The molecule has 186 valence electrons. The molecule has 0 N–H and O–H groups in total. The number of thiocarbonyl (C=S) groups is 1. The lowest BCUT2D eigenvalue weighted by atomic mass is 10.0. The summed E-state index contributed by atoms with van der Waals surface area (Å²) >= 11 is 5.65. The molecular formula is C28H24N4O4S. The van der Waals surface area contributed by atoms with E-state index in [-0.39, 0.29) is 16.4 Å². The van der Waals surface area contributed by atoms with Crippen molar-refractivity contribution >= 4 is 58.0 Å². The van der Waals surface area contributed by atoms with Crippen LogP contribution in [0, 0.1) is 10.1 Å². The van der Waals surface area contributed by atoms with E-state index in [1.165, 1.54) is 28.0 Å². The quantitative estimate of drug-likeness (QED) is 0.151. The Bertz CT molecular complexity index is 1340. The van der Waals surface area contributed by atoms with Crippen LogP contribution in [0.5, 0.6) is 0 Å². The molecule has 3 aromatic rings. The summed E-state index contributed by atoms with van der Waals surface area (Å²) in [7, 11) is 0. The largest absolute Gasteiger partial charge is 0.371 e. The van der Waals surface area contributed by atoms with Crippen LogP contribution in [0.1, 0.15) is 24.8 Å². The van der Waals surface area contributed by atoms with Crippen molar-refractivity contribution in [2.75, 3.05) is 27.8 Å². The molecule has 2 fully saturated rings. The van der Waals surface area contributed by atoms with Gasteiger partial charge in [-0.1, -0.05) is 36.4 Å². The first kappa shape index (κ1) is 24.3. The number of carbonyl (C=O) groups is 2. The molecule has 5 rings (SSSR count). The Morgan fingerprint density at radius 1 is 0.784 bits per heavy atom. The summed E-state index contributed by atoms with van der Waals surface area (Å²) in [5.74, 6) is -1.16. The number of piperidine rings is 1. The number of nitro benzene ring substituents is 1. The maximum atomic E-state index is 13.8. The van der Waals surface area contributed by atoms with Crippen molar-refractivity contribution in [3.63, 3.8) is 0 Å². The van der Waals surface area contributed by atoms with Gasteiger partial charge in [-0.25, -0.2) is 0 Å². The Balaban J connectivity index is 1.67. The van der Waals surface area contributed by atoms with Crippen molar-refractivity contribution < 1.29 is 14.5 Å². The van der Waals surface area contributed by atoms with E-state index >= 15 is 0 Å². The van der Waals surface area contributed by atoms with Crippen molar-refractivity contribution in [3.8, 4) is 0 Å². The molecule has 0 atom stereocenters. The Morgan fingerprint density at radius 2 is 1.32 bits per heavy atom. The zero-order valence-corrected chi connectivity index (χ0v) is 20.8. The minimum Gasteiger partial charge on any atom is -0.371 e. The lowest BCUT2D eigenvalue weighted by Gasteiger charge is -2.36. The monoisotopic (exact) mass is 512 g/mol. The van der Waals surface area contributed by atoms with Gasteiger partial charge in [-0.2, -0.15) is 0 Å². The number of nitrogens with zero attached hydrogens (tertiary/aromatic N) is 4. The third-order valence-electron chi connectivity index (χ3n) is 6.50. The minimum absolute atomic E-state index is 0.0415. The highest BCUT2D eigenvalue weighted by Gasteiger charge is 2.41. The molecule has 3 aromatic carbocycles. The molecule has 0 spiro atoms. The van der Waals surface area contributed by atoms with E-state index in [9.17, 15) is 19.7 Å². The summed E-state index contributed by atoms with van der Waals surface area (Å²) in [6.07, 6.45) is 4.59. The van der Waals surface area contributed by atoms with Crippen LogP contribution in [-0.2, 0) is 9.59 Å². The first-order valence-electron chi connectivity index (χ1n) is 12.0. The smallest absolute Gasteiger partial charge is 0.270 e. The Hall–Kier alpha value is -4.37. The summed E-state index contributed by atoms with van der Waals surface area (Å²) in [4.78, 5) is 43.5. The van der Waals surface area contributed by atoms with Crippen LogP contribution in [0.3, 0.4) is 0 Å². The Morgan fingerprint density at radius 3 is 1.84 bits per heavy atom. The van der Waals surface area contributed by atoms with E-state index in [0.29, 0.717) is 16.9 Å². The number of amides is 2. The number of rotatable bonds is 5. The van der Waals surface area contributed by atoms with Crippen LogP contribution in [0.4, 0.5) is 22.7 Å². The van der Waals surface area contributed by atoms with Crippen molar-refractivity contribution in [1.82, 2.24) is 0 Å². The van der Waals surface area contributed by atoms with Gasteiger partial charge < -0.3 is 4.90 Å². The van der Waals surface area contributed by atoms with Gasteiger partial charge in [-0.3, -0.25) is 29.5 Å². The minimum atomic E-state index is -0.579. The zero-order chi connectivity index (χ0) is 25.9. The zero-order valence-electron chi connectivity index (χ0n) is 19.9. The van der Waals surface area contributed by atoms with Crippen LogP contribution in [-0.4, -0.2) is 34.9 Å². The van der Waals surface area contributed by atoms with Gasteiger partial charge in [-0.15, -0.1) is 0 Å². The average Bonchev–Trinajstić information content (AvgIpc) is 2.92. The fourth-order valence-corrected chi connectivity index (χ4v) is 5.07. The van der Waals surface area contributed by atoms with E-state index in [0.717, 1.165) is 38.0 Å². The van der Waals surface area contributed by atoms with Gasteiger partial charge in [0, 0.05) is 36.5 Å². The number of non-ortho nitro benzene ring substituents is 1. The normalized spacial score (nSPS) is 16.3. The number of hydrogen-bond acceptors (Lipinski definition) is 6. The van der Waals surface area contributed by atoms with Gasteiger partial charge in [0.15, 0.2) is 5.11 Å². The van der Waals surface area contributed by atoms with E-state index in [2.05, 4.69) is 4.90 Å². The third-order valence-corrected chi connectivity index (χ3v) is 6.86. The van der Waals surface area contributed by atoms with Gasteiger partial charge in [-0.05, 0) is 67.9 Å². The van der Waals surface area contributed by atoms with Crippen molar-refractivity contribution in [1.29, 1.82) is 0 Å². The summed E-state index contributed by atoms with van der Waals surface area (Å²) in [6.45, 7) is 1.60. The molecule has 0 aromatic heterocycles. The molecule has 2 heterocycles. The predicted molar refractivity (Wildman–Crippen MR) is 148 cm³/mol. The van der Waals surface area contributed by atoms with Gasteiger partial charge >= 0.3 is 0 Å². The van der Waals surface area contributed by atoms with Crippen molar-refractivity contribution in [2.24, 2.45) is 0 Å². The first-order chi connectivity index (χ1) is 18.0. The number of para-hydroxylation sites is 2. The van der Waals surface area contributed by atoms with Crippen molar-refractivity contribution in [2.45, 2.75) is 19.3 Å². The highest BCUT2D eigenvalue weighted by atomic mass is 32.1. The van der Waals surface area contributed by atoms with Crippen LogP contribution in [0.15, 0.2) is 84.4 Å². The maximum Gasteiger partial charge on any atom is 0.270 e. The molecule has 2 aliphatic heterocycles. The second-order valence-electron chi connectivity index (χ2n) is 8.84. The van der Waals surface area contributed by atoms with E-state index in [4.69, 9.17) is 12.2 Å². The fraction of sp³-hybridized carbons (Fsp3) is 0.179. The summed E-state index contributed by atoms with van der Waals surface area (Å²) < 4.78 is 0. The Labute approximate surface area is 219 Å². The third kappa shape index (κ3) is 4.73. The molecule has 0 saturated carbocycles. The standard InChI is InChI=1S/C28H24N4O4S/c33-26-24(19-20-18-23(32(35)36)14-15-25(20)29-16-8-3-9-17-29)27(34)31(22-12-6-2-7-13-22)28(37)30(26)21-10-4-1-5-11-21/h1-2,4-7,10-15,18-19H,3,8-9,16-17H2. The molecule has 8 nitrogen and oxygen atoms in total. The SMILES string of the molecule is O=C1C(=Cc2cc([N+](=O)[O-])ccc2N2CCCCC2)C(=O)N(c2ccccc2)C(=S)N1c1ccccc1. The maximum absolute atomic E-state index is 13.8. The molecule has 2 aliphatic rings. The molecule has 0 aliphatic carbocycles. The van der Waals surface area contributed by atoms with E-state index < -0.39 is 16.7 Å². The Kier molecular flexibility index (Phi) is 6.78. The molecule has 9 heteroatoms. The summed E-state index contributed by atoms with van der Waals surface area (Å²) in [5, 5.41) is 11.6. The number of anilines is 3. The molecule has 2 amide bonds. The number of benzene rings is 3. The molecule has 0 radical (unpaired) electrons. The van der Waals surface area contributed by atoms with Gasteiger partial charge in [0.2, 0.25) is 0 Å². The van der Waals surface area contributed by atoms with Crippen LogP contribution in [0.25, 0.3) is 6.08 Å². The number of nitro groups is 1. The molecule has 2 saturated heterocycles. The molecular weight excluding hydrogens is 488 g/mol. The second-order valence-corrected chi connectivity index (χ2v) is 9.21. The van der Waals surface area contributed by atoms with E-state index in [1.807, 2.05) is 12.1 Å². The van der Waals surface area contributed by atoms with Crippen LogP contribution < -0.4 is 14.7 Å². The molecule has 37 heavy (non-hydrogen) atoms. The highest BCUT2D eigenvalue weighted by Crippen LogP contribution is 2.33. The van der Waals surface area contributed by atoms with Crippen molar-refractivity contribution in [3.05, 3.63) is 100 Å². The summed E-state index contributed by atoms with van der Waals surface area (Å²) in [5.41, 5.74) is 2.00.